The number of phenols is 2. The van der Waals surface area contributed by atoms with Crippen molar-refractivity contribution in [1.29, 1.82) is 0 Å². The van der Waals surface area contributed by atoms with E-state index in [2.05, 4.69) is 4.98 Å². The van der Waals surface area contributed by atoms with Crippen molar-refractivity contribution in [2.45, 2.75) is 12.3 Å². The number of fused-ring (bicyclic) bond motifs is 4. The number of carbonyl (C=O) groups is 1. The molecule has 0 saturated carbocycles. The average Bonchev–Trinajstić information content (AvgIpc) is 2.84. The molecule has 0 spiro atoms. The van der Waals surface area contributed by atoms with Gasteiger partial charge in [0, 0.05) is 29.1 Å². The van der Waals surface area contributed by atoms with Crippen molar-refractivity contribution < 1.29 is 24.2 Å². The standard InChI is InChI=1S/C27H17NO6/c29-16-8-6-14(7-9-16)19-13-33-27-23-18(17-5-1-3-15-4-2-10-28-25(15)17)11-22(31)34-21(23)12-20(30)24(27)26(19)32/h1-10,12-13,18,29-30H,11H2/t18-/m0/s1. The SMILES string of the molecule is O=C1C[C@@H](c2cccc3cccnc23)c2c(cc(O)c3c(=O)c(-c4ccc(O)cc4)coc23)O1. The molecule has 1 aliphatic heterocycles. The van der Waals surface area contributed by atoms with Crippen LogP contribution in [0.1, 0.15) is 23.5 Å². The molecule has 0 fully saturated rings. The van der Waals surface area contributed by atoms with E-state index in [0.717, 1.165) is 16.5 Å². The number of pyridine rings is 1. The lowest BCUT2D eigenvalue weighted by atomic mass is 9.84. The third-order valence-electron chi connectivity index (χ3n) is 6.19. The smallest absolute Gasteiger partial charge is 0.312 e. The third-order valence-corrected chi connectivity index (χ3v) is 6.19. The number of phenolic OH excluding ortho intramolecular Hbond substituents is 2. The predicted octanol–water partition coefficient (Wildman–Crippen LogP) is 4.86. The third kappa shape index (κ3) is 3.02. The van der Waals surface area contributed by atoms with Crippen molar-refractivity contribution in [2.24, 2.45) is 0 Å². The zero-order valence-corrected chi connectivity index (χ0v) is 17.7. The van der Waals surface area contributed by atoms with Crippen LogP contribution in [0.2, 0.25) is 0 Å². The van der Waals surface area contributed by atoms with Gasteiger partial charge in [-0.2, -0.15) is 0 Å². The molecule has 0 bridgehead atoms. The highest BCUT2D eigenvalue weighted by atomic mass is 16.5. The fourth-order valence-corrected chi connectivity index (χ4v) is 4.65. The molecule has 0 aliphatic carbocycles. The first-order valence-electron chi connectivity index (χ1n) is 10.7. The first-order valence-corrected chi connectivity index (χ1v) is 10.7. The van der Waals surface area contributed by atoms with Crippen LogP contribution in [-0.2, 0) is 4.79 Å². The number of hydrogen-bond donors (Lipinski definition) is 2. The number of para-hydroxylation sites is 1. The van der Waals surface area contributed by atoms with E-state index >= 15 is 0 Å². The Morgan fingerprint density at radius 1 is 0.971 bits per heavy atom. The number of esters is 1. The lowest BCUT2D eigenvalue weighted by molar-refractivity contribution is -0.135. The van der Waals surface area contributed by atoms with Gasteiger partial charge in [0.15, 0.2) is 0 Å². The van der Waals surface area contributed by atoms with E-state index in [1.165, 1.54) is 24.5 Å². The summed E-state index contributed by atoms with van der Waals surface area (Å²) in [5.74, 6) is -1.06. The molecule has 166 valence electrons. The van der Waals surface area contributed by atoms with Gasteiger partial charge in [0.1, 0.15) is 34.5 Å². The largest absolute Gasteiger partial charge is 0.508 e. The van der Waals surface area contributed by atoms with Crippen LogP contribution in [0, 0.1) is 0 Å². The summed E-state index contributed by atoms with van der Waals surface area (Å²) in [6, 6.07) is 16.9. The molecule has 2 N–H and O–H groups in total. The van der Waals surface area contributed by atoms with Crippen molar-refractivity contribution >= 4 is 27.8 Å². The van der Waals surface area contributed by atoms with Crippen LogP contribution in [0.15, 0.2) is 82.3 Å². The van der Waals surface area contributed by atoms with Crippen molar-refractivity contribution in [1.82, 2.24) is 4.98 Å². The molecule has 2 aromatic heterocycles. The second kappa shape index (κ2) is 7.45. The molecule has 5 aromatic rings. The van der Waals surface area contributed by atoms with Gasteiger partial charge in [0.2, 0.25) is 5.43 Å². The Morgan fingerprint density at radius 2 is 1.76 bits per heavy atom. The van der Waals surface area contributed by atoms with Crippen LogP contribution in [0.25, 0.3) is 33.0 Å². The molecular weight excluding hydrogens is 434 g/mol. The molecule has 0 radical (unpaired) electrons. The number of benzene rings is 3. The highest BCUT2D eigenvalue weighted by molar-refractivity contribution is 5.95. The Hall–Kier alpha value is -4.65. The van der Waals surface area contributed by atoms with Gasteiger partial charge in [-0.05, 0) is 29.3 Å². The Labute approximate surface area is 192 Å². The summed E-state index contributed by atoms with van der Waals surface area (Å²) >= 11 is 0. The summed E-state index contributed by atoms with van der Waals surface area (Å²) in [5.41, 5.74) is 2.55. The topological polar surface area (TPSA) is 110 Å². The number of aromatic hydroxyl groups is 2. The van der Waals surface area contributed by atoms with Crippen LogP contribution in [0.3, 0.4) is 0 Å². The van der Waals surface area contributed by atoms with E-state index in [1.807, 2.05) is 30.3 Å². The van der Waals surface area contributed by atoms with E-state index in [1.54, 1.807) is 18.3 Å². The van der Waals surface area contributed by atoms with Gasteiger partial charge in [-0.15, -0.1) is 0 Å². The molecule has 0 amide bonds. The van der Waals surface area contributed by atoms with Crippen molar-refractivity contribution in [2.75, 3.05) is 0 Å². The number of ether oxygens (including phenoxy) is 1. The number of carbonyl (C=O) groups excluding carboxylic acids is 1. The van der Waals surface area contributed by atoms with Crippen molar-refractivity contribution in [3.05, 3.63) is 94.5 Å². The second-order valence-corrected chi connectivity index (χ2v) is 8.19. The lowest BCUT2D eigenvalue weighted by Crippen LogP contribution is -2.22. The fourth-order valence-electron chi connectivity index (χ4n) is 4.65. The number of rotatable bonds is 2. The first kappa shape index (κ1) is 20.0. The zero-order valence-electron chi connectivity index (χ0n) is 17.7. The molecule has 7 nitrogen and oxygen atoms in total. The molecule has 0 saturated heterocycles. The molecule has 1 aliphatic rings. The summed E-state index contributed by atoms with van der Waals surface area (Å²) in [4.78, 5) is 30.4. The monoisotopic (exact) mass is 451 g/mol. The Morgan fingerprint density at radius 3 is 2.59 bits per heavy atom. The van der Waals surface area contributed by atoms with Crippen LogP contribution < -0.4 is 10.2 Å². The maximum Gasteiger partial charge on any atom is 0.312 e. The Balaban J connectivity index is 1.64. The minimum absolute atomic E-state index is 0.000435. The van der Waals surface area contributed by atoms with Gasteiger partial charge in [-0.25, -0.2) is 0 Å². The van der Waals surface area contributed by atoms with E-state index in [-0.39, 0.29) is 40.2 Å². The molecule has 3 heterocycles. The fraction of sp³-hybridized carbons (Fsp3) is 0.0741. The quantitative estimate of drug-likeness (QED) is 0.291. The summed E-state index contributed by atoms with van der Waals surface area (Å²) in [6.07, 6.45) is 3.05. The van der Waals surface area contributed by atoms with Crippen LogP contribution in [0.5, 0.6) is 17.2 Å². The molecule has 6 rings (SSSR count). The summed E-state index contributed by atoms with van der Waals surface area (Å²) in [6.45, 7) is 0. The normalized spacial score (nSPS) is 15.3. The highest BCUT2D eigenvalue weighted by Crippen LogP contribution is 2.46. The maximum absolute atomic E-state index is 13.4. The predicted molar refractivity (Wildman–Crippen MR) is 125 cm³/mol. The van der Waals surface area contributed by atoms with E-state index < -0.39 is 17.3 Å². The minimum Gasteiger partial charge on any atom is -0.508 e. The van der Waals surface area contributed by atoms with Crippen molar-refractivity contribution in [3.63, 3.8) is 0 Å². The summed E-state index contributed by atoms with van der Waals surface area (Å²) < 4.78 is 11.4. The minimum atomic E-state index is -0.486. The number of aromatic nitrogens is 1. The van der Waals surface area contributed by atoms with E-state index in [0.29, 0.717) is 11.1 Å². The van der Waals surface area contributed by atoms with E-state index in [9.17, 15) is 19.8 Å². The molecular formula is C27H17NO6. The number of hydrogen-bond acceptors (Lipinski definition) is 7. The molecule has 34 heavy (non-hydrogen) atoms. The first-order chi connectivity index (χ1) is 16.5. The maximum atomic E-state index is 13.4. The Bertz CT molecular complexity index is 1660. The molecule has 7 heteroatoms. The van der Waals surface area contributed by atoms with Crippen LogP contribution in [-0.4, -0.2) is 21.2 Å². The van der Waals surface area contributed by atoms with Gasteiger partial charge in [-0.1, -0.05) is 36.4 Å². The molecule has 0 unspecified atom stereocenters. The summed E-state index contributed by atoms with van der Waals surface area (Å²) in [7, 11) is 0. The molecule has 3 aromatic carbocycles. The highest BCUT2D eigenvalue weighted by Gasteiger charge is 2.34. The average molecular weight is 451 g/mol. The summed E-state index contributed by atoms with van der Waals surface area (Å²) in [5, 5.41) is 21.2. The van der Waals surface area contributed by atoms with E-state index in [4.69, 9.17) is 9.15 Å². The molecule has 1 atom stereocenters. The van der Waals surface area contributed by atoms with Gasteiger partial charge in [0.25, 0.3) is 0 Å². The van der Waals surface area contributed by atoms with Crippen LogP contribution in [0.4, 0.5) is 0 Å². The lowest BCUT2D eigenvalue weighted by Gasteiger charge is -2.26. The van der Waals surface area contributed by atoms with Gasteiger partial charge in [0.05, 0.1) is 17.5 Å². The number of nitrogens with zero attached hydrogens (tertiary/aromatic N) is 1. The van der Waals surface area contributed by atoms with Crippen molar-refractivity contribution in [3.8, 4) is 28.4 Å². The Kier molecular flexibility index (Phi) is 4.38. The zero-order chi connectivity index (χ0) is 23.4. The van der Waals surface area contributed by atoms with Crippen LogP contribution >= 0.6 is 0 Å². The van der Waals surface area contributed by atoms with Gasteiger partial charge in [-0.3, -0.25) is 14.6 Å². The van der Waals surface area contributed by atoms with Gasteiger partial charge < -0.3 is 19.4 Å². The second-order valence-electron chi connectivity index (χ2n) is 8.19. The van der Waals surface area contributed by atoms with Gasteiger partial charge >= 0.3 is 5.97 Å².